The molecule has 3 N–H and O–H groups in total. The number of rotatable bonds is 6. The van der Waals surface area contributed by atoms with Gasteiger partial charge in [-0.2, -0.15) is 26.3 Å². The van der Waals surface area contributed by atoms with Crippen LogP contribution < -0.4 is 15.4 Å². The smallest absolute Gasteiger partial charge is 0.308 e. The maximum Gasteiger partial charge on any atom is 0.417 e. The van der Waals surface area contributed by atoms with Gasteiger partial charge in [0.1, 0.15) is 0 Å². The molecule has 2 amide bonds. The Morgan fingerprint density at radius 1 is 0.857 bits per heavy atom. The number of benzene rings is 2. The minimum Gasteiger partial charge on any atom is -0.308 e. The van der Waals surface area contributed by atoms with Crippen LogP contribution >= 0.6 is 0 Å². The number of halogens is 6. The SMILES string of the molecule is O=C(Nc1ccc(CNS(=O)(=O)c2cc(C(F)(F)F)ccc2C(F)(F)F)cc1)Nc1cccnc1. The van der Waals surface area contributed by atoms with E-state index in [9.17, 15) is 39.6 Å². The zero-order valence-corrected chi connectivity index (χ0v) is 18.2. The van der Waals surface area contributed by atoms with Gasteiger partial charge in [0.05, 0.1) is 27.9 Å². The van der Waals surface area contributed by atoms with Crippen molar-refractivity contribution in [2.24, 2.45) is 0 Å². The molecular formula is C21H16F6N4O3S. The highest BCUT2D eigenvalue weighted by molar-refractivity contribution is 7.89. The number of sulfonamides is 1. The minimum absolute atomic E-state index is 0.0565. The average Bonchev–Trinajstić information content (AvgIpc) is 2.78. The van der Waals surface area contributed by atoms with E-state index in [4.69, 9.17) is 0 Å². The van der Waals surface area contributed by atoms with Crippen LogP contribution in [0.3, 0.4) is 0 Å². The van der Waals surface area contributed by atoms with Gasteiger partial charge in [0.25, 0.3) is 0 Å². The first kappa shape index (κ1) is 26.0. The lowest BCUT2D eigenvalue weighted by molar-refractivity contribution is -0.143. The third kappa shape index (κ3) is 6.93. The quantitative estimate of drug-likeness (QED) is 0.389. The highest BCUT2D eigenvalue weighted by Gasteiger charge is 2.40. The molecule has 0 bridgehead atoms. The zero-order valence-electron chi connectivity index (χ0n) is 17.4. The summed E-state index contributed by atoms with van der Waals surface area (Å²) >= 11 is 0. The first-order chi connectivity index (χ1) is 16.3. The number of carbonyl (C=O) groups excluding carboxylic acids is 1. The van der Waals surface area contributed by atoms with E-state index < -0.39 is 51.0 Å². The zero-order chi connectivity index (χ0) is 25.9. The van der Waals surface area contributed by atoms with Crippen molar-refractivity contribution in [3.05, 3.63) is 83.7 Å². The largest absolute Gasteiger partial charge is 0.417 e. The fourth-order valence-electron chi connectivity index (χ4n) is 2.85. The molecule has 0 saturated heterocycles. The van der Waals surface area contributed by atoms with Crippen LogP contribution in [0.1, 0.15) is 16.7 Å². The number of amides is 2. The van der Waals surface area contributed by atoms with Crippen molar-refractivity contribution in [3.8, 4) is 0 Å². The maximum absolute atomic E-state index is 13.2. The van der Waals surface area contributed by atoms with E-state index >= 15 is 0 Å². The summed E-state index contributed by atoms with van der Waals surface area (Å²) in [6, 6.07) is 8.37. The Labute approximate surface area is 195 Å². The first-order valence-electron chi connectivity index (χ1n) is 9.61. The number of carbonyl (C=O) groups is 1. The molecule has 0 aliphatic carbocycles. The number of urea groups is 1. The molecule has 0 radical (unpaired) electrons. The minimum atomic E-state index is -5.20. The van der Waals surface area contributed by atoms with Crippen LogP contribution in [0.5, 0.6) is 0 Å². The van der Waals surface area contributed by atoms with Crippen LogP contribution in [-0.2, 0) is 28.9 Å². The normalized spacial score (nSPS) is 12.3. The van der Waals surface area contributed by atoms with Crippen molar-refractivity contribution in [2.75, 3.05) is 10.6 Å². The fourth-order valence-corrected chi connectivity index (χ4v) is 4.11. The standard InChI is InChI=1S/C21H16F6N4O3S/c22-20(23,24)14-5-8-17(21(25,26)27)18(10-14)35(33,34)29-11-13-3-6-15(7-4-13)30-19(32)31-16-2-1-9-28-12-16/h1-10,12,29H,11H2,(H2,30,31,32). The molecule has 3 aromatic rings. The molecule has 0 fully saturated rings. The van der Waals surface area contributed by atoms with Crippen molar-refractivity contribution in [1.29, 1.82) is 0 Å². The number of anilines is 2. The van der Waals surface area contributed by atoms with Crippen LogP contribution in [0.2, 0.25) is 0 Å². The Morgan fingerprint density at radius 3 is 2.09 bits per heavy atom. The molecule has 186 valence electrons. The Kier molecular flexibility index (Phi) is 7.36. The van der Waals surface area contributed by atoms with E-state index in [0.29, 0.717) is 11.4 Å². The Morgan fingerprint density at radius 2 is 1.51 bits per heavy atom. The third-order valence-electron chi connectivity index (χ3n) is 4.50. The van der Waals surface area contributed by atoms with Gasteiger partial charge in [-0.05, 0) is 48.0 Å². The van der Waals surface area contributed by atoms with Gasteiger partial charge in [0.2, 0.25) is 10.0 Å². The number of alkyl halides is 6. The fraction of sp³-hybridized carbons (Fsp3) is 0.143. The lowest BCUT2D eigenvalue weighted by Crippen LogP contribution is -2.26. The molecule has 0 atom stereocenters. The van der Waals surface area contributed by atoms with Crippen LogP contribution in [-0.4, -0.2) is 19.4 Å². The maximum atomic E-state index is 13.2. The molecule has 7 nitrogen and oxygen atoms in total. The summed E-state index contributed by atoms with van der Waals surface area (Å²) in [5, 5.41) is 5.04. The van der Waals surface area contributed by atoms with Crippen molar-refractivity contribution < 1.29 is 39.6 Å². The van der Waals surface area contributed by atoms with Crippen molar-refractivity contribution in [2.45, 2.75) is 23.8 Å². The predicted molar refractivity (Wildman–Crippen MR) is 114 cm³/mol. The number of aromatic nitrogens is 1. The highest BCUT2D eigenvalue weighted by atomic mass is 32.2. The van der Waals surface area contributed by atoms with E-state index in [0.717, 1.165) is 0 Å². The third-order valence-corrected chi connectivity index (χ3v) is 5.94. The lowest BCUT2D eigenvalue weighted by atomic mass is 10.1. The van der Waals surface area contributed by atoms with Crippen LogP contribution in [0.25, 0.3) is 0 Å². The molecule has 0 unspecified atom stereocenters. The molecule has 14 heteroatoms. The molecule has 0 spiro atoms. The van der Waals surface area contributed by atoms with Gasteiger partial charge in [0.15, 0.2) is 0 Å². The second kappa shape index (κ2) is 9.92. The van der Waals surface area contributed by atoms with Gasteiger partial charge < -0.3 is 10.6 Å². The summed E-state index contributed by atoms with van der Waals surface area (Å²) in [5.41, 5.74) is -2.24. The average molecular weight is 518 g/mol. The molecule has 2 aromatic carbocycles. The summed E-state index contributed by atoms with van der Waals surface area (Å²) in [6.45, 7) is -0.516. The van der Waals surface area contributed by atoms with Crippen molar-refractivity contribution >= 4 is 27.4 Å². The lowest BCUT2D eigenvalue weighted by Gasteiger charge is -2.16. The Balaban J connectivity index is 1.72. The molecule has 3 rings (SSSR count). The molecule has 1 heterocycles. The number of pyridine rings is 1. The van der Waals surface area contributed by atoms with Crippen LogP contribution in [0.15, 0.2) is 71.9 Å². The van der Waals surface area contributed by atoms with Crippen molar-refractivity contribution in [1.82, 2.24) is 9.71 Å². The predicted octanol–water partition coefficient (Wildman–Crippen LogP) is 5.24. The van der Waals surface area contributed by atoms with Gasteiger partial charge in [-0.15, -0.1) is 0 Å². The van der Waals surface area contributed by atoms with Crippen LogP contribution in [0.4, 0.5) is 42.5 Å². The molecule has 0 aliphatic heterocycles. The summed E-state index contributed by atoms with van der Waals surface area (Å²) in [7, 11) is -4.97. The number of nitrogens with zero attached hydrogens (tertiary/aromatic N) is 1. The summed E-state index contributed by atoms with van der Waals surface area (Å²) < 4.78 is 105. The van der Waals surface area contributed by atoms with Crippen LogP contribution in [0, 0.1) is 0 Å². The second-order valence-corrected chi connectivity index (χ2v) is 8.78. The summed E-state index contributed by atoms with van der Waals surface area (Å²) in [6.07, 6.45) is -7.30. The second-order valence-electron chi connectivity index (χ2n) is 7.05. The molecule has 0 aliphatic rings. The Bertz CT molecular complexity index is 1300. The molecule has 0 saturated carbocycles. The van der Waals surface area contributed by atoms with E-state index in [1.807, 2.05) is 4.72 Å². The monoisotopic (exact) mass is 518 g/mol. The molecule has 1 aromatic heterocycles. The van der Waals surface area contributed by atoms with Gasteiger partial charge in [-0.3, -0.25) is 4.98 Å². The van der Waals surface area contributed by atoms with Gasteiger partial charge >= 0.3 is 18.4 Å². The van der Waals surface area contributed by atoms with Gasteiger partial charge in [-0.1, -0.05) is 12.1 Å². The Hall–Kier alpha value is -3.65. The molecule has 35 heavy (non-hydrogen) atoms. The van der Waals surface area contributed by atoms with E-state index in [2.05, 4.69) is 15.6 Å². The number of nitrogens with one attached hydrogen (secondary N) is 3. The van der Waals surface area contributed by atoms with Gasteiger partial charge in [-0.25, -0.2) is 17.9 Å². The summed E-state index contributed by atoms with van der Waals surface area (Å²) in [4.78, 5) is 14.3. The number of hydrogen-bond donors (Lipinski definition) is 3. The van der Waals surface area contributed by atoms with Crippen molar-refractivity contribution in [3.63, 3.8) is 0 Å². The van der Waals surface area contributed by atoms with E-state index in [1.54, 1.807) is 12.1 Å². The first-order valence-corrected chi connectivity index (χ1v) is 11.1. The topological polar surface area (TPSA) is 100 Å². The van der Waals surface area contributed by atoms with E-state index in [1.165, 1.54) is 36.7 Å². The number of hydrogen-bond acceptors (Lipinski definition) is 4. The molecular weight excluding hydrogens is 502 g/mol. The summed E-state index contributed by atoms with van der Waals surface area (Å²) in [5.74, 6) is 0. The van der Waals surface area contributed by atoms with Gasteiger partial charge in [0, 0.05) is 18.4 Å². The highest BCUT2D eigenvalue weighted by Crippen LogP contribution is 2.38. The van der Waals surface area contributed by atoms with E-state index in [-0.39, 0.29) is 23.8 Å².